The minimum absolute atomic E-state index is 0.0122. The lowest BCUT2D eigenvalue weighted by atomic mass is 10.4. The normalized spacial score (nSPS) is 9.75. The number of H-pyrrole nitrogens is 1. The van der Waals surface area contributed by atoms with Gasteiger partial charge in [0.05, 0.1) is 6.61 Å². The molecular weight excluding hydrogens is 158 g/mol. The highest BCUT2D eigenvalue weighted by molar-refractivity contribution is 5.76. The number of hydrazine groups is 1. The van der Waals surface area contributed by atoms with Crippen molar-refractivity contribution in [2.75, 3.05) is 6.61 Å². The molecule has 12 heavy (non-hydrogen) atoms. The molecule has 0 saturated heterocycles. The number of hydrogen-bond acceptors (Lipinski definition) is 3. The maximum Gasteiger partial charge on any atom is 0.259 e. The van der Waals surface area contributed by atoms with Gasteiger partial charge in [-0.25, -0.2) is 5.84 Å². The lowest BCUT2D eigenvalue weighted by Crippen LogP contribution is -2.33. The fourth-order valence-electron chi connectivity index (χ4n) is 0.751. The molecule has 0 saturated carbocycles. The molecule has 0 atom stereocenters. The van der Waals surface area contributed by atoms with Gasteiger partial charge in [0.2, 0.25) is 0 Å². The van der Waals surface area contributed by atoms with Crippen molar-refractivity contribution in [2.45, 2.75) is 6.61 Å². The second-order valence-electron chi connectivity index (χ2n) is 2.28. The maximum atomic E-state index is 10.6. The molecular formula is C7H11N3O2. The summed E-state index contributed by atoms with van der Waals surface area (Å²) in [7, 11) is 0. The van der Waals surface area contributed by atoms with Crippen LogP contribution in [0.5, 0.6) is 0 Å². The molecule has 0 bridgehead atoms. The van der Waals surface area contributed by atoms with Crippen molar-refractivity contribution >= 4 is 5.91 Å². The molecule has 1 amide bonds. The molecule has 5 nitrogen and oxygen atoms in total. The number of carbonyl (C=O) groups excluding carboxylic acids is 1. The second-order valence-corrected chi connectivity index (χ2v) is 2.28. The molecule has 0 aliphatic rings. The van der Waals surface area contributed by atoms with E-state index in [1.54, 1.807) is 12.4 Å². The quantitative estimate of drug-likeness (QED) is 0.323. The number of nitrogens with two attached hydrogens (primary N) is 1. The van der Waals surface area contributed by atoms with Crippen LogP contribution in [0.4, 0.5) is 0 Å². The van der Waals surface area contributed by atoms with Crippen LogP contribution in [0.3, 0.4) is 0 Å². The highest BCUT2D eigenvalue weighted by Gasteiger charge is 1.98. The topological polar surface area (TPSA) is 80.1 Å². The van der Waals surface area contributed by atoms with E-state index in [0.29, 0.717) is 6.61 Å². The van der Waals surface area contributed by atoms with Crippen LogP contribution in [-0.4, -0.2) is 17.5 Å². The Balaban J connectivity index is 2.15. The van der Waals surface area contributed by atoms with Crippen molar-refractivity contribution in [1.82, 2.24) is 10.4 Å². The molecule has 0 aliphatic carbocycles. The first kappa shape index (κ1) is 8.76. The number of aromatic nitrogens is 1. The van der Waals surface area contributed by atoms with Crippen LogP contribution >= 0.6 is 0 Å². The zero-order chi connectivity index (χ0) is 8.81. The average Bonchev–Trinajstić information content (AvgIpc) is 2.57. The van der Waals surface area contributed by atoms with Gasteiger partial charge in [0, 0.05) is 12.4 Å². The summed E-state index contributed by atoms with van der Waals surface area (Å²) in [5.74, 6) is 4.52. The molecule has 0 fully saturated rings. The zero-order valence-corrected chi connectivity index (χ0v) is 6.54. The summed E-state index contributed by atoms with van der Waals surface area (Å²) < 4.78 is 5.02. The van der Waals surface area contributed by atoms with Gasteiger partial charge in [-0.3, -0.25) is 10.2 Å². The molecule has 66 valence electrons. The SMILES string of the molecule is NNC(=O)COCc1cc[nH]c1. The van der Waals surface area contributed by atoms with Crippen LogP contribution in [0, 0.1) is 0 Å². The Kier molecular flexibility index (Phi) is 3.31. The third-order valence-corrected chi connectivity index (χ3v) is 1.33. The second kappa shape index (κ2) is 4.53. The summed E-state index contributed by atoms with van der Waals surface area (Å²) in [6.45, 7) is 0.401. The molecule has 0 radical (unpaired) electrons. The van der Waals surface area contributed by atoms with Crippen LogP contribution in [0.1, 0.15) is 5.56 Å². The molecule has 0 spiro atoms. The third kappa shape index (κ3) is 2.73. The van der Waals surface area contributed by atoms with E-state index in [9.17, 15) is 4.79 Å². The molecule has 0 unspecified atom stereocenters. The molecule has 0 aromatic carbocycles. The average molecular weight is 169 g/mol. The van der Waals surface area contributed by atoms with Gasteiger partial charge in [-0.05, 0) is 11.6 Å². The predicted octanol–water partition coefficient (Wildman–Crippen LogP) is -0.479. The van der Waals surface area contributed by atoms with Crippen molar-refractivity contribution < 1.29 is 9.53 Å². The summed E-state index contributed by atoms with van der Waals surface area (Å²) in [6, 6.07) is 1.88. The molecule has 5 heteroatoms. The first-order valence-electron chi connectivity index (χ1n) is 3.52. The van der Waals surface area contributed by atoms with Gasteiger partial charge in [-0.15, -0.1) is 0 Å². The van der Waals surface area contributed by atoms with Gasteiger partial charge in [-0.1, -0.05) is 0 Å². The smallest absolute Gasteiger partial charge is 0.259 e. The van der Waals surface area contributed by atoms with Crippen LogP contribution in [0.15, 0.2) is 18.5 Å². The Morgan fingerprint density at radius 2 is 2.58 bits per heavy atom. The Labute approximate surface area is 69.9 Å². The fraction of sp³-hybridized carbons (Fsp3) is 0.286. The summed E-state index contributed by atoms with van der Waals surface area (Å²) in [6.07, 6.45) is 3.60. The number of hydrogen-bond donors (Lipinski definition) is 3. The molecule has 1 rings (SSSR count). The number of carbonyl (C=O) groups is 1. The number of rotatable bonds is 4. The van der Waals surface area contributed by atoms with E-state index in [1.807, 2.05) is 11.5 Å². The Morgan fingerprint density at radius 1 is 1.75 bits per heavy atom. The summed E-state index contributed by atoms with van der Waals surface area (Å²) in [5, 5.41) is 0. The summed E-state index contributed by atoms with van der Waals surface area (Å²) in [5.41, 5.74) is 2.97. The molecule has 1 aromatic rings. The van der Waals surface area contributed by atoms with Crippen molar-refractivity contribution in [3.05, 3.63) is 24.0 Å². The van der Waals surface area contributed by atoms with Gasteiger partial charge >= 0.3 is 0 Å². The van der Waals surface area contributed by atoms with Gasteiger partial charge < -0.3 is 9.72 Å². The molecule has 4 N–H and O–H groups in total. The largest absolute Gasteiger partial charge is 0.367 e. The Hall–Kier alpha value is -1.33. The van der Waals surface area contributed by atoms with E-state index in [1.165, 1.54) is 0 Å². The van der Waals surface area contributed by atoms with E-state index in [4.69, 9.17) is 10.6 Å². The van der Waals surface area contributed by atoms with Crippen LogP contribution in [0.2, 0.25) is 0 Å². The molecule has 1 heterocycles. The zero-order valence-electron chi connectivity index (χ0n) is 6.54. The standard InChI is InChI=1S/C7H11N3O2/c8-10-7(11)5-12-4-6-1-2-9-3-6/h1-3,9H,4-5,8H2,(H,10,11). The predicted molar refractivity (Wildman–Crippen MR) is 42.8 cm³/mol. The van der Waals surface area contributed by atoms with Crippen molar-refractivity contribution in [2.24, 2.45) is 5.84 Å². The number of nitrogens with one attached hydrogen (secondary N) is 2. The van der Waals surface area contributed by atoms with Gasteiger partial charge in [0.25, 0.3) is 5.91 Å². The minimum Gasteiger partial charge on any atom is -0.367 e. The van der Waals surface area contributed by atoms with Gasteiger partial charge in [0.15, 0.2) is 0 Å². The van der Waals surface area contributed by atoms with Crippen LogP contribution in [-0.2, 0) is 16.1 Å². The number of amides is 1. The van der Waals surface area contributed by atoms with E-state index >= 15 is 0 Å². The van der Waals surface area contributed by atoms with E-state index < -0.39 is 0 Å². The van der Waals surface area contributed by atoms with Crippen LogP contribution in [0.25, 0.3) is 0 Å². The third-order valence-electron chi connectivity index (χ3n) is 1.33. The Morgan fingerprint density at radius 3 is 3.17 bits per heavy atom. The molecule has 0 aliphatic heterocycles. The molecule has 1 aromatic heterocycles. The van der Waals surface area contributed by atoms with Gasteiger partial charge in [0.1, 0.15) is 6.61 Å². The first-order chi connectivity index (χ1) is 5.83. The van der Waals surface area contributed by atoms with E-state index in [0.717, 1.165) is 5.56 Å². The summed E-state index contributed by atoms with van der Waals surface area (Å²) >= 11 is 0. The highest BCUT2D eigenvalue weighted by Crippen LogP contribution is 1.97. The summed E-state index contributed by atoms with van der Waals surface area (Å²) in [4.78, 5) is 13.4. The fourth-order valence-corrected chi connectivity index (χ4v) is 0.751. The van der Waals surface area contributed by atoms with Crippen molar-refractivity contribution in [3.8, 4) is 0 Å². The number of ether oxygens (including phenoxy) is 1. The van der Waals surface area contributed by atoms with Gasteiger partial charge in [-0.2, -0.15) is 0 Å². The minimum atomic E-state index is -0.328. The van der Waals surface area contributed by atoms with Crippen molar-refractivity contribution in [1.29, 1.82) is 0 Å². The first-order valence-corrected chi connectivity index (χ1v) is 3.52. The number of aromatic amines is 1. The Bertz CT molecular complexity index is 233. The lowest BCUT2D eigenvalue weighted by Gasteiger charge is -2.00. The van der Waals surface area contributed by atoms with Crippen molar-refractivity contribution in [3.63, 3.8) is 0 Å². The van der Waals surface area contributed by atoms with Crippen LogP contribution < -0.4 is 11.3 Å². The highest BCUT2D eigenvalue weighted by atomic mass is 16.5. The van der Waals surface area contributed by atoms with E-state index in [-0.39, 0.29) is 12.5 Å². The van der Waals surface area contributed by atoms with E-state index in [2.05, 4.69) is 4.98 Å². The maximum absolute atomic E-state index is 10.6. The monoisotopic (exact) mass is 169 g/mol. The lowest BCUT2D eigenvalue weighted by molar-refractivity contribution is -0.126.